The maximum Gasteiger partial charge on any atom is 0.194 e. The minimum Gasteiger partial charge on any atom is -0.416 e. The lowest BCUT2D eigenvalue weighted by Gasteiger charge is -2.35. The number of rotatable bonds is 2. The first-order valence-electron chi connectivity index (χ1n) is 5.19. The molecule has 1 rings (SSSR count). The highest BCUT2D eigenvalue weighted by atomic mass is 28.2. The Morgan fingerprint density at radius 2 is 2.00 bits per heavy atom. The SMILES string of the molecule is CC(C)(C)O[SiH2]C1(C)CCCCO1. The van der Waals surface area contributed by atoms with Crippen molar-refractivity contribution in [2.75, 3.05) is 6.61 Å². The lowest BCUT2D eigenvalue weighted by atomic mass is 10.1. The van der Waals surface area contributed by atoms with Crippen LogP contribution in [0.15, 0.2) is 0 Å². The van der Waals surface area contributed by atoms with Crippen LogP contribution >= 0.6 is 0 Å². The minimum atomic E-state index is -0.557. The molecule has 1 heterocycles. The molecule has 0 aromatic rings. The largest absolute Gasteiger partial charge is 0.416 e. The Morgan fingerprint density at radius 1 is 1.31 bits per heavy atom. The number of hydrogen-bond acceptors (Lipinski definition) is 2. The van der Waals surface area contributed by atoms with Crippen molar-refractivity contribution in [1.29, 1.82) is 0 Å². The van der Waals surface area contributed by atoms with Gasteiger partial charge in [0.1, 0.15) is 0 Å². The fourth-order valence-electron chi connectivity index (χ4n) is 1.47. The molecule has 0 bridgehead atoms. The summed E-state index contributed by atoms with van der Waals surface area (Å²) >= 11 is 0. The summed E-state index contributed by atoms with van der Waals surface area (Å²) in [7, 11) is -0.557. The molecular formula is C10H22O2Si. The summed E-state index contributed by atoms with van der Waals surface area (Å²) in [6.07, 6.45) is 3.71. The maximum atomic E-state index is 5.89. The van der Waals surface area contributed by atoms with Crippen molar-refractivity contribution < 1.29 is 9.16 Å². The fourth-order valence-corrected chi connectivity index (χ4v) is 2.84. The standard InChI is InChI=1S/C10H22O2Si/c1-9(2,3)12-13-10(4)7-5-6-8-11-10/h5-8,13H2,1-4H3. The average Bonchev–Trinajstić information content (AvgIpc) is 2.02. The van der Waals surface area contributed by atoms with Gasteiger partial charge in [-0.05, 0) is 47.0 Å². The van der Waals surface area contributed by atoms with Crippen molar-refractivity contribution in [3.63, 3.8) is 0 Å². The quantitative estimate of drug-likeness (QED) is 0.636. The van der Waals surface area contributed by atoms with Crippen molar-refractivity contribution in [3.05, 3.63) is 0 Å². The van der Waals surface area contributed by atoms with E-state index < -0.39 is 9.76 Å². The smallest absolute Gasteiger partial charge is 0.194 e. The van der Waals surface area contributed by atoms with Gasteiger partial charge in [-0.1, -0.05) is 0 Å². The van der Waals surface area contributed by atoms with Crippen LogP contribution in [0.2, 0.25) is 0 Å². The molecule has 0 radical (unpaired) electrons. The first kappa shape index (κ1) is 11.2. The van der Waals surface area contributed by atoms with Gasteiger partial charge in [0, 0.05) is 12.2 Å². The molecule has 78 valence electrons. The molecular weight excluding hydrogens is 180 g/mol. The second kappa shape index (κ2) is 4.11. The zero-order chi connectivity index (χ0) is 9.95. The Balaban J connectivity index is 2.33. The Bertz CT molecular complexity index is 157. The fraction of sp³-hybridized carbons (Fsp3) is 1.00. The van der Waals surface area contributed by atoms with Gasteiger partial charge in [0.15, 0.2) is 9.76 Å². The molecule has 1 atom stereocenters. The Hall–Kier alpha value is 0.137. The summed E-state index contributed by atoms with van der Waals surface area (Å²) in [6.45, 7) is 9.49. The predicted octanol–water partition coefficient (Wildman–Crippen LogP) is 1.80. The summed E-state index contributed by atoms with van der Waals surface area (Å²) in [5, 5.41) is 0.103. The van der Waals surface area contributed by atoms with Crippen LogP contribution in [0.5, 0.6) is 0 Å². The van der Waals surface area contributed by atoms with Gasteiger partial charge in [0.05, 0.1) is 5.22 Å². The van der Waals surface area contributed by atoms with E-state index in [2.05, 4.69) is 27.7 Å². The molecule has 0 N–H and O–H groups in total. The van der Waals surface area contributed by atoms with E-state index in [1.165, 1.54) is 19.3 Å². The van der Waals surface area contributed by atoms with Crippen molar-refractivity contribution in [3.8, 4) is 0 Å². The molecule has 1 saturated heterocycles. The lowest BCUT2D eigenvalue weighted by molar-refractivity contribution is -0.0250. The van der Waals surface area contributed by atoms with Crippen LogP contribution in [0.1, 0.15) is 47.0 Å². The molecule has 0 aromatic carbocycles. The first-order valence-corrected chi connectivity index (χ1v) is 6.48. The monoisotopic (exact) mass is 202 g/mol. The van der Waals surface area contributed by atoms with E-state index in [-0.39, 0.29) is 10.8 Å². The third-order valence-corrected chi connectivity index (χ3v) is 4.54. The molecule has 3 heteroatoms. The normalized spacial score (nSPS) is 31.4. The van der Waals surface area contributed by atoms with Crippen LogP contribution < -0.4 is 0 Å². The minimum absolute atomic E-state index is 0.00996. The van der Waals surface area contributed by atoms with Crippen LogP contribution in [-0.4, -0.2) is 27.2 Å². The van der Waals surface area contributed by atoms with Crippen molar-refractivity contribution in [2.45, 2.75) is 57.8 Å². The first-order chi connectivity index (χ1) is 5.91. The van der Waals surface area contributed by atoms with E-state index in [9.17, 15) is 0 Å². The third-order valence-electron chi connectivity index (χ3n) is 2.36. The highest BCUT2D eigenvalue weighted by Gasteiger charge is 2.30. The second-order valence-corrected chi connectivity index (χ2v) is 7.23. The number of hydrogen-bond donors (Lipinski definition) is 0. The van der Waals surface area contributed by atoms with Gasteiger partial charge >= 0.3 is 0 Å². The highest BCUT2D eigenvalue weighted by molar-refractivity contribution is 6.31. The van der Waals surface area contributed by atoms with E-state index in [1.807, 2.05) is 0 Å². The summed E-state index contributed by atoms with van der Waals surface area (Å²) in [6, 6.07) is 0. The Labute approximate surface area is 83.9 Å². The van der Waals surface area contributed by atoms with Crippen molar-refractivity contribution in [1.82, 2.24) is 0 Å². The third kappa shape index (κ3) is 4.25. The zero-order valence-corrected chi connectivity index (χ0v) is 10.8. The maximum absolute atomic E-state index is 5.89. The van der Waals surface area contributed by atoms with Gasteiger partial charge in [-0.2, -0.15) is 0 Å². The van der Waals surface area contributed by atoms with E-state index >= 15 is 0 Å². The van der Waals surface area contributed by atoms with Crippen LogP contribution in [0, 0.1) is 0 Å². The van der Waals surface area contributed by atoms with Crippen molar-refractivity contribution >= 4 is 9.76 Å². The summed E-state index contributed by atoms with van der Waals surface area (Å²) in [5.74, 6) is 0. The van der Waals surface area contributed by atoms with Crippen LogP contribution in [-0.2, 0) is 9.16 Å². The van der Waals surface area contributed by atoms with Gasteiger partial charge in [-0.3, -0.25) is 0 Å². The van der Waals surface area contributed by atoms with Gasteiger partial charge in [0.2, 0.25) is 0 Å². The van der Waals surface area contributed by atoms with Gasteiger partial charge in [-0.15, -0.1) is 0 Å². The molecule has 1 aliphatic rings. The van der Waals surface area contributed by atoms with E-state index in [0.29, 0.717) is 0 Å². The molecule has 1 aliphatic heterocycles. The Kier molecular flexibility index (Phi) is 3.55. The van der Waals surface area contributed by atoms with E-state index in [0.717, 1.165) is 6.61 Å². The second-order valence-electron chi connectivity index (χ2n) is 5.16. The van der Waals surface area contributed by atoms with Gasteiger partial charge in [0.25, 0.3) is 0 Å². The molecule has 1 unspecified atom stereocenters. The molecule has 1 fully saturated rings. The predicted molar refractivity (Wildman–Crippen MR) is 57.6 cm³/mol. The summed E-state index contributed by atoms with van der Waals surface area (Å²) in [4.78, 5) is 0. The average molecular weight is 202 g/mol. The molecule has 0 aromatic heterocycles. The molecule has 0 spiro atoms. The van der Waals surface area contributed by atoms with Crippen LogP contribution in [0.3, 0.4) is 0 Å². The number of ether oxygens (including phenoxy) is 1. The van der Waals surface area contributed by atoms with Crippen LogP contribution in [0.4, 0.5) is 0 Å². The topological polar surface area (TPSA) is 18.5 Å². The summed E-state index contributed by atoms with van der Waals surface area (Å²) in [5.41, 5.74) is 0.00996. The lowest BCUT2D eigenvalue weighted by Crippen LogP contribution is -2.43. The van der Waals surface area contributed by atoms with Gasteiger partial charge in [-0.25, -0.2) is 0 Å². The molecule has 0 amide bonds. The van der Waals surface area contributed by atoms with Gasteiger partial charge < -0.3 is 9.16 Å². The highest BCUT2D eigenvalue weighted by Crippen LogP contribution is 2.24. The molecule has 13 heavy (non-hydrogen) atoms. The Morgan fingerprint density at radius 3 is 2.46 bits per heavy atom. The molecule has 0 aliphatic carbocycles. The summed E-state index contributed by atoms with van der Waals surface area (Å²) < 4.78 is 11.7. The van der Waals surface area contributed by atoms with E-state index in [4.69, 9.17) is 9.16 Å². The molecule has 0 saturated carbocycles. The van der Waals surface area contributed by atoms with Crippen molar-refractivity contribution in [2.24, 2.45) is 0 Å². The van der Waals surface area contributed by atoms with E-state index in [1.54, 1.807) is 0 Å². The zero-order valence-electron chi connectivity index (χ0n) is 9.35. The van der Waals surface area contributed by atoms with Crippen LogP contribution in [0.25, 0.3) is 0 Å². The molecule has 2 nitrogen and oxygen atoms in total.